The summed E-state index contributed by atoms with van der Waals surface area (Å²) in [4.78, 5) is 29.0. The molecule has 4 rings (SSSR count). The van der Waals surface area contributed by atoms with Crippen LogP contribution >= 0.6 is 11.3 Å². The minimum Gasteiger partial charge on any atom is -0.464 e. The van der Waals surface area contributed by atoms with E-state index < -0.39 is 23.9 Å². The first kappa shape index (κ1) is 19.7. The van der Waals surface area contributed by atoms with Crippen LogP contribution < -0.4 is 11.1 Å². The number of hydrogen-bond acceptors (Lipinski definition) is 6. The molecule has 0 unspecified atom stereocenters. The number of carbonyl (C=O) groups excluding carboxylic acids is 2. The number of halogens is 2. The topological polar surface area (TPSA) is 116 Å². The number of primary amides is 1. The molecule has 4 aromatic heterocycles. The highest BCUT2D eigenvalue weighted by Gasteiger charge is 2.26. The van der Waals surface area contributed by atoms with Gasteiger partial charge in [-0.1, -0.05) is 0 Å². The Labute approximate surface area is 172 Å². The summed E-state index contributed by atoms with van der Waals surface area (Å²) in [5.41, 5.74) is 6.16. The predicted octanol–water partition coefficient (Wildman–Crippen LogP) is 3.89. The molecule has 4 heterocycles. The van der Waals surface area contributed by atoms with Gasteiger partial charge in [0, 0.05) is 24.2 Å². The van der Waals surface area contributed by atoms with E-state index in [9.17, 15) is 18.4 Å². The second-order valence-corrected chi connectivity index (χ2v) is 7.48. The van der Waals surface area contributed by atoms with Crippen LogP contribution in [0.4, 0.5) is 14.5 Å². The van der Waals surface area contributed by atoms with Gasteiger partial charge < -0.3 is 15.5 Å². The van der Waals surface area contributed by atoms with Crippen molar-refractivity contribution in [3.8, 4) is 11.3 Å². The normalized spacial score (nSPS) is 11.4. The molecule has 0 aromatic carbocycles. The monoisotopic (exact) mass is 431 g/mol. The first-order chi connectivity index (χ1) is 14.3. The lowest BCUT2D eigenvalue weighted by Gasteiger charge is -2.09. The van der Waals surface area contributed by atoms with Gasteiger partial charge in [0.1, 0.15) is 21.2 Å². The van der Waals surface area contributed by atoms with Gasteiger partial charge in [0.05, 0.1) is 23.2 Å². The van der Waals surface area contributed by atoms with Crippen molar-refractivity contribution in [3.63, 3.8) is 0 Å². The largest absolute Gasteiger partial charge is 0.464 e. The van der Waals surface area contributed by atoms with Gasteiger partial charge in [0.2, 0.25) is 0 Å². The molecule has 0 fully saturated rings. The highest BCUT2D eigenvalue weighted by molar-refractivity contribution is 7.21. The lowest BCUT2D eigenvalue weighted by molar-refractivity contribution is 0.100. The number of alkyl halides is 2. The van der Waals surface area contributed by atoms with Crippen molar-refractivity contribution in [3.05, 3.63) is 52.5 Å². The minimum absolute atomic E-state index is 0.00776. The van der Waals surface area contributed by atoms with Crippen LogP contribution in [-0.4, -0.2) is 26.6 Å². The van der Waals surface area contributed by atoms with E-state index in [1.807, 2.05) is 0 Å². The number of amides is 2. The first-order valence-electron chi connectivity index (χ1n) is 8.67. The molecule has 0 saturated carbocycles. The van der Waals surface area contributed by atoms with Crippen molar-refractivity contribution in [1.82, 2.24) is 14.8 Å². The van der Waals surface area contributed by atoms with Gasteiger partial charge in [-0.2, -0.15) is 5.10 Å². The molecule has 2 amide bonds. The number of rotatable bonds is 5. The van der Waals surface area contributed by atoms with Gasteiger partial charge in [0.15, 0.2) is 0 Å². The van der Waals surface area contributed by atoms with Gasteiger partial charge in [0.25, 0.3) is 18.2 Å². The smallest absolute Gasteiger partial charge is 0.280 e. The number of pyridine rings is 1. The molecule has 0 aliphatic heterocycles. The fourth-order valence-corrected chi connectivity index (χ4v) is 4.17. The van der Waals surface area contributed by atoms with E-state index >= 15 is 0 Å². The van der Waals surface area contributed by atoms with Gasteiger partial charge in [-0.25, -0.2) is 13.8 Å². The number of hydrogen-bond donors (Lipinski definition) is 2. The molecule has 0 aliphatic carbocycles. The highest BCUT2D eigenvalue weighted by Crippen LogP contribution is 2.42. The van der Waals surface area contributed by atoms with Crippen LogP contribution in [-0.2, 0) is 7.05 Å². The molecule has 4 aromatic rings. The van der Waals surface area contributed by atoms with Gasteiger partial charge in [-0.3, -0.25) is 14.3 Å². The number of aryl methyl sites for hydroxylation is 2. The van der Waals surface area contributed by atoms with Crippen molar-refractivity contribution in [2.24, 2.45) is 12.8 Å². The lowest BCUT2D eigenvalue weighted by atomic mass is 10.1. The number of nitrogens with zero attached hydrogens (tertiary/aromatic N) is 3. The van der Waals surface area contributed by atoms with Crippen molar-refractivity contribution < 1.29 is 22.8 Å². The molecule has 0 spiro atoms. The van der Waals surface area contributed by atoms with Crippen LogP contribution in [0.3, 0.4) is 0 Å². The summed E-state index contributed by atoms with van der Waals surface area (Å²) >= 11 is 0.825. The van der Waals surface area contributed by atoms with E-state index in [2.05, 4.69) is 15.4 Å². The summed E-state index contributed by atoms with van der Waals surface area (Å²) in [6.45, 7) is 1.67. The molecule has 0 aliphatic rings. The third-order valence-electron chi connectivity index (χ3n) is 4.41. The second kappa shape index (κ2) is 7.34. The molecule has 154 valence electrons. The van der Waals surface area contributed by atoms with Crippen LogP contribution in [0.25, 0.3) is 21.5 Å². The number of carbonyl (C=O) groups is 2. The van der Waals surface area contributed by atoms with Gasteiger partial charge in [-0.15, -0.1) is 11.3 Å². The quantitative estimate of drug-likeness (QED) is 0.497. The van der Waals surface area contributed by atoms with Crippen molar-refractivity contribution in [1.29, 1.82) is 0 Å². The minimum atomic E-state index is -2.83. The Kier molecular flexibility index (Phi) is 4.82. The lowest BCUT2D eigenvalue weighted by Crippen LogP contribution is -2.17. The number of aromatic nitrogens is 3. The fraction of sp³-hybridized carbons (Fsp3) is 0.158. The molecule has 3 N–H and O–H groups in total. The van der Waals surface area contributed by atoms with Crippen molar-refractivity contribution in [2.45, 2.75) is 13.3 Å². The average molecular weight is 431 g/mol. The SMILES string of the molecule is Cc1nn(C)cc1C(=O)Nc1c(C(N)=O)sc2nc(C(F)F)cc(-c3ccco3)c12. The molecule has 0 atom stereocenters. The number of nitrogens with one attached hydrogen (secondary N) is 1. The van der Waals surface area contributed by atoms with Crippen LogP contribution in [0.5, 0.6) is 0 Å². The Morgan fingerprint density at radius 1 is 1.37 bits per heavy atom. The average Bonchev–Trinajstić information content (AvgIpc) is 3.40. The Balaban J connectivity index is 1.95. The van der Waals surface area contributed by atoms with Crippen LogP contribution in [0.2, 0.25) is 0 Å². The van der Waals surface area contributed by atoms with Gasteiger partial charge in [-0.05, 0) is 25.1 Å². The van der Waals surface area contributed by atoms with E-state index in [1.54, 1.807) is 26.1 Å². The number of furan rings is 1. The zero-order valence-electron chi connectivity index (χ0n) is 15.8. The predicted molar refractivity (Wildman–Crippen MR) is 107 cm³/mol. The van der Waals surface area contributed by atoms with E-state index in [0.29, 0.717) is 16.6 Å². The summed E-state index contributed by atoms with van der Waals surface area (Å²) in [6.07, 6.45) is 0.0878. The molecule has 8 nitrogen and oxygen atoms in total. The van der Waals surface area contributed by atoms with Crippen molar-refractivity contribution in [2.75, 3.05) is 5.32 Å². The third kappa shape index (κ3) is 3.32. The highest BCUT2D eigenvalue weighted by atomic mass is 32.1. The third-order valence-corrected chi connectivity index (χ3v) is 5.51. The molecule has 0 saturated heterocycles. The van der Waals surface area contributed by atoms with E-state index in [4.69, 9.17) is 10.2 Å². The van der Waals surface area contributed by atoms with E-state index in [0.717, 1.165) is 11.3 Å². The Morgan fingerprint density at radius 2 is 2.13 bits per heavy atom. The van der Waals surface area contributed by atoms with E-state index in [-0.39, 0.29) is 26.7 Å². The summed E-state index contributed by atoms with van der Waals surface area (Å²) in [7, 11) is 1.67. The summed E-state index contributed by atoms with van der Waals surface area (Å²) < 4.78 is 33.7. The number of thiophene rings is 1. The number of anilines is 1. The Bertz CT molecular complexity index is 1280. The molecule has 0 radical (unpaired) electrons. The van der Waals surface area contributed by atoms with Crippen LogP contribution in [0, 0.1) is 6.92 Å². The zero-order valence-corrected chi connectivity index (χ0v) is 16.6. The van der Waals surface area contributed by atoms with Crippen LogP contribution in [0.1, 0.15) is 37.8 Å². The number of fused-ring (bicyclic) bond motifs is 1. The van der Waals surface area contributed by atoms with Crippen LogP contribution in [0.15, 0.2) is 35.1 Å². The second-order valence-electron chi connectivity index (χ2n) is 6.48. The molecule has 11 heteroatoms. The Hall–Kier alpha value is -3.60. The summed E-state index contributed by atoms with van der Waals surface area (Å²) in [5.74, 6) is -1.06. The fourth-order valence-electron chi connectivity index (χ4n) is 3.15. The first-order valence-corrected chi connectivity index (χ1v) is 9.48. The summed E-state index contributed by atoms with van der Waals surface area (Å²) in [5, 5.41) is 7.11. The molecule has 30 heavy (non-hydrogen) atoms. The maximum absolute atomic E-state index is 13.4. The maximum Gasteiger partial charge on any atom is 0.280 e. The standard InChI is InChI=1S/C19H15F2N5O3S/c1-8-10(7-26(2)25-8)18(28)24-14-13-9(12-4-3-5-29-12)6-11(16(20)21)23-19(13)30-15(14)17(22)27/h3-7,16H,1-2H3,(H2,22,27)(H,24,28). The summed E-state index contributed by atoms with van der Waals surface area (Å²) in [6, 6.07) is 4.36. The van der Waals surface area contributed by atoms with Gasteiger partial charge >= 0.3 is 0 Å². The van der Waals surface area contributed by atoms with Crippen molar-refractivity contribution >= 4 is 39.1 Å². The molecular formula is C19H15F2N5O3S. The Morgan fingerprint density at radius 3 is 2.70 bits per heavy atom. The molecule has 0 bridgehead atoms. The van der Waals surface area contributed by atoms with E-state index in [1.165, 1.54) is 23.2 Å². The maximum atomic E-state index is 13.4. The molecular weight excluding hydrogens is 416 g/mol. The zero-order chi connectivity index (χ0) is 21.6. The number of nitrogens with two attached hydrogens (primary N) is 1.